The minimum atomic E-state index is -0.515. The summed E-state index contributed by atoms with van der Waals surface area (Å²) < 4.78 is 19.2. The van der Waals surface area contributed by atoms with Crippen LogP contribution in [0.5, 0.6) is 0 Å². The van der Waals surface area contributed by atoms with Crippen molar-refractivity contribution in [3.63, 3.8) is 0 Å². The Bertz CT molecular complexity index is 477. The predicted octanol–water partition coefficient (Wildman–Crippen LogP) is 1.37. The molecule has 0 heterocycles. The van der Waals surface area contributed by atoms with Gasteiger partial charge >= 0.3 is 0 Å². The summed E-state index contributed by atoms with van der Waals surface area (Å²) in [5.41, 5.74) is 6.66. The zero-order valence-corrected chi connectivity index (χ0v) is 11.2. The Morgan fingerprint density at radius 2 is 2.32 bits per heavy atom. The number of hydrogen-bond acceptors (Lipinski definition) is 3. The van der Waals surface area contributed by atoms with Gasteiger partial charge in [-0.2, -0.15) is 0 Å². The first kappa shape index (κ1) is 14.0. The maximum absolute atomic E-state index is 13.7. The van der Waals surface area contributed by atoms with Crippen LogP contribution in [0.15, 0.2) is 18.2 Å². The van der Waals surface area contributed by atoms with Crippen molar-refractivity contribution in [3.8, 4) is 0 Å². The molecule has 1 aliphatic rings. The molecule has 1 aromatic rings. The van der Waals surface area contributed by atoms with Crippen LogP contribution in [0.25, 0.3) is 0 Å². The molecule has 0 spiro atoms. The lowest BCUT2D eigenvalue weighted by Crippen LogP contribution is -2.64. The van der Waals surface area contributed by atoms with Gasteiger partial charge in [-0.25, -0.2) is 4.39 Å². The highest BCUT2D eigenvalue weighted by Gasteiger charge is 2.40. The number of rotatable bonds is 4. The van der Waals surface area contributed by atoms with Crippen molar-refractivity contribution in [3.05, 3.63) is 35.1 Å². The van der Waals surface area contributed by atoms with Crippen LogP contribution in [0.3, 0.4) is 0 Å². The first-order valence-corrected chi connectivity index (χ1v) is 6.47. The molecule has 0 aliphatic heterocycles. The van der Waals surface area contributed by atoms with Gasteiger partial charge in [-0.15, -0.1) is 0 Å². The number of hydrogen-bond donors (Lipinski definition) is 2. The zero-order valence-electron chi connectivity index (χ0n) is 11.2. The number of nitrogens with two attached hydrogens (primary N) is 1. The highest BCUT2D eigenvalue weighted by atomic mass is 19.1. The maximum Gasteiger partial charge on any atom is 0.254 e. The molecule has 0 bridgehead atoms. The summed E-state index contributed by atoms with van der Waals surface area (Å²) in [5, 5.41) is 2.75. The van der Waals surface area contributed by atoms with Gasteiger partial charge in [0.25, 0.3) is 5.91 Å². The van der Waals surface area contributed by atoms with Crippen LogP contribution >= 0.6 is 0 Å². The van der Waals surface area contributed by atoms with E-state index in [4.69, 9.17) is 10.5 Å². The number of ether oxygens (including phenoxy) is 1. The molecule has 104 valence electrons. The molecular weight excluding hydrogens is 247 g/mol. The number of nitrogens with one attached hydrogen (secondary N) is 1. The van der Waals surface area contributed by atoms with Gasteiger partial charge < -0.3 is 15.8 Å². The molecule has 3 atom stereocenters. The van der Waals surface area contributed by atoms with Gasteiger partial charge in [-0.3, -0.25) is 4.79 Å². The standard InChI is InChI=1S/C14H19FN2O2/c1-3-19-12-7-11(16)13(12)17-14(18)9-5-4-8(2)6-10(9)15/h4-6,11-13H,3,7,16H2,1-2H3,(H,17,18). The number of carbonyl (C=O) groups is 1. The van der Waals surface area contributed by atoms with E-state index in [0.717, 1.165) is 12.0 Å². The van der Waals surface area contributed by atoms with Crippen LogP contribution in [-0.4, -0.2) is 30.7 Å². The molecule has 0 radical (unpaired) electrons. The van der Waals surface area contributed by atoms with E-state index >= 15 is 0 Å². The summed E-state index contributed by atoms with van der Waals surface area (Å²) in [5.74, 6) is -0.958. The Balaban J connectivity index is 2.04. The van der Waals surface area contributed by atoms with Crippen molar-refractivity contribution in [1.29, 1.82) is 0 Å². The summed E-state index contributed by atoms with van der Waals surface area (Å²) >= 11 is 0. The molecule has 0 aromatic heterocycles. The Hall–Kier alpha value is -1.46. The van der Waals surface area contributed by atoms with Gasteiger partial charge in [0.15, 0.2) is 0 Å². The number of benzene rings is 1. The third-order valence-electron chi connectivity index (χ3n) is 3.41. The van der Waals surface area contributed by atoms with Crippen LogP contribution in [0.4, 0.5) is 4.39 Å². The number of aryl methyl sites for hydroxylation is 1. The van der Waals surface area contributed by atoms with Crippen molar-refractivity contribution >= 4 is 5.91 Å². The van der Waals surface area contributed by atoms with E-state index in [9.17, 15) is 9.18 Å². The summed E-state index contributed by atoms with van der Waals surface area (Å²) in [7, 11) is 0. The summed E-state index contributed by atoms with van der Waals surface area (Å²) in [4.78, 5) is 12.0. The first-order chi connectivity index (χ1) is 9.02. The van der Waals surface area contributed by atoms with E-state index in [2.05, 4.69) is 5.32 Å². The third kappa shape index (κ3) is 2.93. The number of halogens is 1. The minimum absolute atomic E-state index is 0.0416. The highest BCUT2D eigenvalue weighted by Crippen LogP contribution is 2.23. The van der Waals surface area contributed by atoms with E-state index < -0.39 is 11.7 Å². The maximum atomic E-state index is 13.7. The van der Waals surface area contributed by atoms with Gasteiger partial charge in [0.05, 0.1) is 17.7 Å². The topological polar surface area (TPSA) is 64.3 Å². The van der Waals surface area contributed by atoms with Crippen LogP contribution in [0.2, 0.25) is 0 Å². The quantitative estimate of drug-likeness (QED) is 0.865. The van der Waals surface area contributed by atoms with E-state index in [1.54, 1.807) is 13.0 Å². The predicted molar refractivity (Wildman–Crippen MR) is 70.4 cm³/mol. The monoisotopic (exact) mass is 266 g/mol. The van der Waals surface area contributed by atoms with Crippen LogP contribution in [-0.2, 0) is 4.74 Å². The fraction of sp³-hybridized carbons (Fsp3) is 0.500. The Labute approximate surface area is 112 Å². The average Bonchev–Trinajstić information content (AvgIpc) is 2.35. The van der Waals surface area contributed by atoms with Crippen molar-refractivity contribution < 1.29 is 13.9 Å². The lowest BCUT2D eigenvalue weighted by Gasteiger charge is -2.42. The Morgan fingerprint density at radius 3 is 2.89 bits per heavy atom. The van der Waals surface area contributed by atoms with Gasteiger partial charge in [-0.05, 0) is 38.0 Å². The number of carbonyl (C=O) groups excluding carboxylic acids is 1. The fourth-order valence-electron chi connectivity index (χ4n) is 2.26. The van der Waals surface area contributed by atoms with E-state index in [-0.39, 0.29) is 23.8 Å². The van der Waals surface area contributed by atoms with Gasteiger partial charge in [0.1, 0.15) is 5.82 Å². The van der Waals surface area contributed by atoms with Gasteiger partial charge in [-0.1, -0.05) is 6.07 Å². The normalized spacial score (nSPS) is 25.8. The van der Waals surface area contributed by atoms with E-state index in [1.165, 1.54) is 12.1 Å². The zero-order chi connectivity index (χ0) is 14.0. The average molecular weight is 266 g/mol. The van der Waals surface area contributed by atoms with E-state index in [1.807, 2.05) is 6.92 Å². The van der Waals surface area contributed by atoms with Crippen molar-refractivity contribution in [2.75, 3.05) is 6.61 Å². The minimum Gasteiger partial charge on any atom is -0.376 e. The molecule has 5 heteroatoms. The second-order valence-corrected chi connectivity index (χ2v) is 4.88. The largest absolute Gasteiger partial charge is 0.376 e. The fourth-order valence-corrected chi connectivity index (χ4v) is 2.26. The molecule has 3 N–H and O–H groups in total. The molecule has 2 rings (SSSR count). The summed E-state index contributed by atoms with van der Waals surface area (Å²) in [6.45, 7) is 4.24. The molecule has 1 saturated carbocycles. The lowest BCUT2D eigenvalue weighted by atomic mass is 9.83. The van der Waals surface area contributed by atoms with Gasteiger partial charge in [0, 0.05) is 12.6 Å². The summed E-state index contributed by atoms with van der Waals surface area (Å²) in [6, 6.07) is 4.16. The molecule has 0 saturated heterocycles. The molecule has 1 amide bonds. The third-order valence-corrected chi connectivity index (χ3v) is 3.41. The van der Waals surface area contributed by atoms with Crippen molar-refractivity contribution in [1.82, 2.24) is 5.32 Å². The van der Waals surface area contributed by atoms with Crippen molar-refractivity contribution in [2.45, 2.75) is 38.5 Å². The molecule has 1 aliphatic carbocycles. The Morgan fingerprint density at radius 1 is 1.58 bits per heavy atom. The van der Waals surface area contributed by atoms with Gasteiger partial charge in [0.2, 0.25) is 0 Å². The Kier molecular flexibility index (Phi) is 4.17. The molecule has 3 unspecified atom stereocenters. The smallest absolute Gasteiger partial charge is 0.254 e. The molecule has 19 heavy (non-hydrogen) atoms. The highest BCUT2D eigenvalue weighted by molar-refractivity contribution is 5.94. The van der Waals surface area contributed by atoms with Crippen LogP contribution in [0.1, 0.15) is 29.3 Å². The van der Waals surface area contributed by atoms with E-state index in [0.29, 0.717) is 6.61 Å². The molecule has 1 aromatic carbocycles. The second-order valence-electron chi connectivity index (χ2n) is 4.88. The summed E-state index contributed by atoms with van der Waals surface area (Å²) in [6.07, 6.45) is 0.646. The SMILES string of the molecule is CCOC1CC(N)C1NC(=O)c1ccc(C)cc1F. The first-order valence-electron chi connectivity index (χ1n) is 6.47. The molecular formula is C14H19FN2O2. The second kappa shape index (κ2) is 5.67. The number of amides is 1. The lowest BCUT2D eigenvalue weighted by molar-refractivity contribution is -0.0300. The van der Waals surface area contributed by atoms with Crippen molar-refractivity contribution in [2.24, 2.45) is 5.73 Å². The molecule has 1 fully saturated rings. The molecule has 4 nitrogen and oxygen atoms in total. The van der Waals surface area contributed by atoms with Crippen LogP contribution in [0, 0.1) is 12.7 Å². The van der Waals surface area contributed by atoms with Crippen LogP contribution < -0.4 is 11.1 Å².